The van der Waals surface area contributed by atoms with Gasteiger partial charge in [0.05, 0.1) is 24.1 Å². The van der Waals surface area contributed by atoms with Crippen LogP contribution in [0.5, 0.6) is 5.75 Å². The predicted molar refractivity (Wildman–Crippen MR) is 152 cm³/mol. The van der Waals surface area contributed by atoms with Gasteiger partial charge in [0.15, 0.2) is 11.5 Å². The van der Waals surface area contributed by atoms with Crippen LogP contribution in [0.25, 0.3) is 0 Å². The number of pyridine rings is 2. The topological polar surface area (TPSA) is 183 Å². The molecule has 3 aromatic rings. The fraction of sp³-hybridized carbons (Fsp3) is 0.333. The first kappa shape index (κ1) is 33.8. The van der Waals surface area contributed by atoms with Gasteiger partial charge in [-0.15, -0.1) is 0 Å². The number of aliphatic hydroxyl groups is 1. The second-order valence-electron chi connectivity index (χ2n) is 10.8. The highest BCUT2D eigenvalue weighted by atomic mass is 19.2. The Morgan fingerprint density at radius 2 is 1.57 bits per heavy atom. The molecule has 0 spiro atoms. The zero-order valence-electron chi connectivity index (χ0n) is 24.4. The molecule has 4 amide bonds. The second-order valence-corrected chi connectivity index (χ2v) is 10.8. The maximum absolute atomic E-state index is 14.7. The van der Waals surface area contributed by atoms with Crippen LogP contribution >= 0.6 is 0 Å². The summed E-state index contributed by atoms with van der Waals surface area (Å²) in [5.41, 5.74) is -0.972. The minimum Gasteiger partial charge on any atom is -0.505 e. The van der Waals surface area contributed by atoms with E-state index in [4.69, 9.17) is 0 Å². The smallest absolute Gasteiger partial charge is 0.274 e. The van der Waals surface area contributed by atoms with E-state index in [9.17, 15) is 47.0 Å². The van der Waals surface area contributed by atoms with E-state index in [1.165, 1.54) is 26.1 Å². The van der Waals surface area contributed by atoms with Gasteiger partial charge in [0.1, 0.15) is 17.8 Å². The number of aromatic hydroxyl groups is 1. The monoisotopic (exact) mass is 646 g/mol. The lowest BCUT2D eigenvalue weighted by atomic mass is 9.91. The Labute approximate surface area is 259 Å². The highest BCUT2D eigenvalue weighted by Crippen LogP contribution is 2.22. The van der Waals surface area contributed by atoms with Crippen molar-refractivity contribution in [3.63, 3.8) is 0 Å². The van der Waals surface area contributed by atoms with Crippen molar-refractivity contribution in [1.29, 1.82) is 0 Å². The van der Waals surface area contributed by atoms with E-state index in [0.29, 0.717) is 5.56 Å². The fourth-order valence-corrected chi connectivity index (χ4v) is 4.91. The summed E-state index contributed by atoms with van der Waals surface area (Å²) >= 11 is 0. The third kappa shape index (κ3) is 7.56. The van der Waals surface area contributed by atoms with Gasteiger partial charge in [0.25, 0.3) is 11.9 Å². The molecule has 3 heterocycles. The van der Waals surface area contributed by atoms with Crippen molar-refractivity contribution in [3.8, 4) is 5.75 Å². The third-order valence-electron chi connectivity index (χ3n) is 7.53. The Morgan fingerprint density at radius 3 is 2.24 bits per heavy atom. The molecule has 46 heavy (non-hydrogen) atoms. The summed E-state index contributed by atoms with van der Waals surface area (Å²) in [6.45, 7) is 2.55. The first-order valence-corrected chi connectivity index (χ1v) is 14.0. The quantitative estimate of drug-likeness (QED) is 0.168. The van der Waals surface area contributed by atoms with Crippen LogP contribution in [0, 0.1) is 29.4 Å². The normalized spacial score (nSPS) is 24.1. The Morgan fingerprint density at radius 1 is 0.870 bits per heavy atom. The molecule has 6 N–H and O–H groups in total. The van der Waals surface area contributed by atoms with E-state index in [1.54, 1.807) is 30.3 Å². The van der Waals surface area contributed by atoms with E-state index in [0.717, 1.165) is 6.07 Å². The molecule has 1 fully saturated rings. The fourth-order valence-electron chi connectivity index (χ4n) is 4.91. The van der Waals surface area contributed by atoms with Crippen molar-refractivity contribution in [1.82, 2.24) is 31.2 Å². The molecule has 1 aromatic carbocycles. The lowest BCUT2D eigenvalue weighted by Crippen LogP contribution is -2.64. The molecule has 0 saturated carbocycles. The zero-order chi connectivity index (χ0) is 33.7. The van der Waals surface area contributed by atoms with Gasteiger partial charge in [-0.2, -0.15) is 18.2 Å². The Hall–Kier alpha value is -5.12. The summed E-state index contributed by atoms with van der Waals surface area (Å²) in [4.78, 5) is 59.9. The van der Waals surface area contributed by atoms with Gasteiger partial charge in [0, 0.05) is 24.6 Å². The minimum atomic E-state index is -2.10. The number of nitrogens with one attached hydrogen (secondary N) is 4. The summed E-state index contributed by atoms with van der Waals surface area (Å²) in [7, 11) is 0. The molecule has 4 rings (SSSR count). The van der Waals surface area contributed by atoms with Gasteiger partial charge in [0.2, 0.25) is 29.5 Å². The van der Waals surface area contributed by atoms with E-state index in [2.05, 4.69) is 31.2 Å². The summed E-state index contributed by atoms with van der Waals surface area (Å²) in [6, 6.07) is 5.13. The van der Waals surface area contributed by atoms with Crippen molar-refractivity contribution >= 4 is 23.6 Å². The molecule has 16 heteroatoms. The van der Waals surface area contributed by atoms with Crippen LogP contribution in [0.2, 0.25) is 0 Å². The molecule has 244 valence electrons. The molecule has 1 unspecified atom stereocenters. The number of carbonyl (C=O) groups excluding carboxylic acids is 4. The van der Waals surface area contributed by atoms with Crippen molar-refractivity contribution in [2.24, 2.45) is 5.92 Å². The average Bonchev–Trinajstić information content (AvgIpc) is 3.02. The number of benzene rings is 1. The largest absolute Gasteiger partial charge is 0.505 e. The van der Waals surface area contributed by atoms with Crippen molar-refractivity contribution in [3.05, 3.63) is 89.0 Å². The maximum atomic E-state index is 14.7. The number of halogens is 4. The van der Waals surface area contributed by atoms with Crippen LogP contribution in [-0.2, 0) is 27.2 Å². The molecule has 12 nitrogen and oxygen atoms in total. The molecule has 2 aromatic heterocycles. The van der Waals surface area contributed by atoms with E-state index >= 15 is 0 Å². The molecule has 0 radical (unpaired) electrons. The summed E-state index contributed by atoms with van der Waals surface area (Å²) in [6.07, 6.45) is -1.77. The van der Waals surface area contributed by atoms with Crippen LogP contribution in [0.4, 0.5) is 17.6 Å². The van der Waals surface area contributed by atoms with Gasteiger partial charge < -0.3 is 31.5 Å². The maximum Gasteiger partial charge on any atom is 0.274 e. The third-order valence-corrected chi connectivity index (χ3v) is 7.53. The first-order valence-electron chi connectivity index (χ1n) is 14.0. The minimum absolute atomic E-state index is 0.0284. The highest BCUT2D eigenvalue weighted by molar-refractivity contribution is 5.98. The molecule has 1 saturated heterocycles. The van der Waals surface area contributed by atoms with E-state index in [-0.39, 0.29) is 6.42 Å². The Bertz CT molecular complexity index is 1630. The molecular formula is C30H30F4N6O6. The van der Waals surface area contributed by atoms with Crippen LogP contribution in [0.3, 0.4) is 0 Å². The standard InChI is InChI=1S/C30H30F4N6O6/c1-13-24(42)17(12-16-20(31)21(32)26(34)40-25(16)33)37-29(45)22(39-30(46)23-19(41)9-6-10-35-23)14(2)36-28(44)18(38-27(13)43)11-15-7-4-3-5-8-15/h3-10,13-14,17-18,22,24,41-42H,11-12H2,1-2H3,(H,36,44)(H,37,45)(H,38,43)(H,39,46)/t13-,14-,17+,18?,22+,24+/m1/s1. The van der Waals surface area contributed by atoms with Gasteiger partial charge in [-0.25, -0.2) is 9.37 Å². The number of hydrogen-bond donors (Lipinski definition) is 6. The molecule has 0 bridgehead atoms. The number of amides is 4. The number of rotatable bonds is 6. The lowest BCUT2D eigenvalue weighted by molar-refractivity contribution is -0.136. The lowest BCUT2D eigenvalue weighted by Gasteiger charge is -2.34. The van der Waals surface area contributed by atoms with Crippen LogP contribution in [0.15, 0.2) is 48.7 Å². The molecule has 0 aliphatic carbocycles. The number of aromatic nitrogens is 2. The van der Waals surface area contributed by atoms with Crippen molar-refractivity contribution in [2.75, 3.05) is 0 Å². The zero-order valence-corrected chi connectivity index (χ0v) is 24.4. The highest BCUT2D eigenvalue weighted by Gasteiger charge is 2.39. The van der Waals surface area contributed by atoms with Crippen LogP contribution in [-0.4, -0.2) is 74.1 Å². The van der Waals surface area contributed by atoms with Crippen LogP contribution < -0.4 is 21.3 Å². The summed E-state index contributed by atoms with van der Waals surface area (Å²) in [5.74, 6) is -13.7. The van der Waals surface area contributed by atoms with E-state index < -0.39 is 107 Å². The Balaban J connectivity index is 1.75. The number of hydrogen-bond acceptors (Lipinski definition) is 8. The first-order chi connectivity index (χ1) is 21.8. The number of aliphatic hydroxyl groups excluding tert-OH is 1. The Kier molecular flexibility index (Phi) is 10.5. The van der Waals surface area contributed by atoms with Crippen molar-refractivity contribution in [2.45, 2.75) is 57.0 Å². The predicted octanol–water partition coefficient (Wildman–Crippen LogP) is 0.807. The SMILES string of the molecule is C[C@H]1NC(=O)C(Cc2ccccc2)NC(=O)[C@H](C)[C@H](O)[C@H](Cc2c(F)nc(F)c(F)c2F)NC(=O)[C@H]1NC(=O)c1ncccc1O. The molecule has 6 atom stereocenters. The van der Waals surface area contributed by atoms with E-state index in [1.807, 2.05) is 0 Å². The van der Waals surface area contributed by atoms with Gasteiger partial charge in [-0.05, 0) is 24.6 Å². The second kappa shape index (κ2) is 14.3. The van der Waals surface area contributed by atoms with Gasteiger partial charge >= 0.3 is 0 Å². The summed E-state index contributed by atoms with van der Waals surface area (Å²) < 4.78 is 56.7. The number of nitrogens with zero attached hydrogens (tertiary/aromatic N) is 2. The van der Waals surface area contributed by atoms with Gasteiger partial charge in [-0.3, -0.25) is 19.2 Å². The molecule has 1 aliphatic heterocycles. The average molecular weight is 647 g/mol. The van der Waals surface area contributed by atoms with Crippen LogP contribution in [0.1, 0.15) is 35.5 Å². The summed E-state index contributed by atoms with van der Waals surface area (Å²) in [5, 5.41) is 31.1. The molecular weight excluding hydrogens is 616 g/mol. The molecule has 1 aliphatic rings. The van der Waals surface area contributed by atoms with Gasteiger partial charge in [-0.1, -0.05) is 37.3 Å². The number of carbonyl (C=O) groups is 4. The van der Waals surface area contributed by atoms with Crippen molar-refractivity contribution < 1.29 is 47.0 Å².